The predicted octanol–water partition coefficient (Wildman–Crippen LogP) is 1.57. The molecule has 3 amide bonds. The normalized spacial score (nSPS) is 13.7. The van der Waals surface area contributed by atoms with E-state index in [1.165, 1.54) is 12.3 Å². The Labute approximate surface area is 105 Å². The van der Waals surface area contributed by atoms with E-state index in [9.17, 15) is 9.59 Å². The second-order valence-electron chi connectivity index (χ2n) is 3.62. The monoisotopic (exact) mass is 242 g/mol. The number of aromatic nitrogens is 1. The SMILES string of the molecule is O=C(NC(=O)c1ccccn1)NC1=C[CH]CC=C1. The summed E-state index contributed by atoms with van der Waals surface area (Å²) in [4.78, 5) is 27.0. The highest BCUT2D eigenvalue weighted by atomic mass is 16.2. The second kappa shape index (κ2) is 5.77. The molecule has 0 unspecified atom stereocenters. The van der Waals surface area contributed by atoms with Gasteiger partial charge in [0.15, 0.2) is 0 Å². The van der Waals surface area contributed by atoms with Gasteiger partial charge in [0.25, 0.3) is 5.91 Å². The lowest BCUT2D eigenvalue weighted by atomic mass is 10.1. The Balaban J connectivity index is 1.90. The molecule has 0 fully saturated rings. The van der Waals surface area contributed by atoms with Gasteiger partial charge in [0.2, 0.25) is 0 Å². The van der Waals surface area contributed by atoms with Crippen LogP contribution in [0.4, 0.5) is 4.79 Å². The van der Waals surface area contributed by atoms with Crippen molar-refractivity contribution in [3.63, 3.8) is 0 Å². The first-order chi connectivity index (χ1) is 8.75. The molecule has 0 aromatic carbocycles. The van der Waals surface area contributed by atoms with Crippen molar-refractivity contribution < 1.29 is 9.59 Å². The lowest BCUT2D eigenvalue weighted by Gasteiger charge is -2.09. The number of carbonyl (C=O) groups is 2. The van der Waals surface area contributed by atoms with Crippen LogP contribution in [0.1, 0.15) is 16.9 Å². The maximum Gasteiger partial charge on any atom is 0.326 e. The number of hydrogen-bond donors (Lipinski definition) is 2. The third kappa shape index (κ3) is 3.28. The van der Waals surface area contributed by atoms with Crippen LogP contribution in [0.5, 0.6) is 0 Å². The summed E-state index contributed by atoms with van der Waals surface area (Å²) >= 11 is 0. The van der Waals surface area contributed by atoms with Crippen LogP contribution < -0.4 is 10.6 Å². The van der Waals surface area contributed by atoms with Gasteiger partial charge in [-0.15, -0.1) is 0 Å². The number of hydrogen-bond acceptors (Lipinski definition) is 3. The maximum absolute atomic E-state index is 11.6. The average molecular weight is 242 g/mol. The second-order valence-corrected chi connectivity index (χ2v) is 3.62. The summed E-state index contributed by atoms with van der Waals surface area (Å²) < 4.78 is 0. The Bertz CT molecular complexity index is 506. The van der Waals surface area contributed by atoms with Crippen molar-refractivity contribution in [1.82, 2.24) is 15.6 Å². The molecule has 0 saturated heterocycles. The van der Waals surface area contributed by atoms with Gasteiger partial charge in [0, 0.05) is 11.9 Å². The number of allylic oxidation sites excluding steroid dienone is 3. The molecule has 1 radical (unpaired) electrons. The Hall–Kier alpha value is -2.43. The summed E-state index contributed by atoms with van der Waals surface area (Å²) in [6.45, 7) is 0. The zero-order valence-corrected chi connectivity index (χ0v) is 9.59. The number of rotatable bonds is 2. The zero-order chi connectivity index (χ0) is 12.8. The van der Waals surface area contributed by atoms with Gasteiger partial charge < -0.3 is 5.32 Å². The molecule has 0 aliphatic heterocycles. The van der Waals surface area contributed by atoms with Gasteiger partial charge in [0.1, 0.15) is 5.69 Å². The first-order valence-electron chi connectivity index (χ1n) is 5.49. The molecule has 91 valence electrons. The Morgan fingerprint density at radius 1 is 1.28 bits per heavy atom. The van der Waals surface area contributed by atoms with Crippen molar-refractivity contribution in [3.05, 3.63) is 60.4 Å². The molecule has 1 aliphatic carbocycles. The molecular formula is C13H12N3O2. The molecule has 0 bridgehead atoms. The highest BCUT2D eigenvalue weighted by Gasteiger charge is 2.11. The Morgan fingerprint density at radius 2 is 2.17 bits per heavy atom. The van der Waals surface area contributed by atoms with Crippen LogP contribution in [-0.2, 0) is 0 Å². The fourth-order valence-electron chi connectivity index (χ4n) is 1.43. The number of amides is 3. The third-order valence-electron chi connectivity index (χ3n) is 2.25. The number of nitrogens with zero attached hydrogens (tertiary/aromatic N) is 1. The molecule has 1 aliphatic rings. The topological polar surface area (TPSA) is 71.1 Å². The highest BCUT2D eigenvalue weighted by molar-refractivity contribution is 6.03. The summed E-state index contributed by atoms with van der Waals surface area (Å²) in [5.74, 6) is -0.530. The summed E-state index contributed by atoms with van der Waals surface area (Å²) in [7, 11) is 0. The summed E-state index contributed by atoms with van der Waals surface area (Å²) in [6.07, 6.45) is 9.73. The largest absolute Gasteiger partial charge is 0.326 e. The van der Waals surface area contributed by atoms with Gasteiger partial charge in [-0.2, -0.15) is 0 Å². The number of imide groups is 1. The summed E-state index contributed by atoms with van der Waals surface area (Å²) in [5, 5.41) is 4.77. The smallest absolute Gasteiger partial charge is 0.308 e. The summed E-state index contributed by atoms with van der Waals surface area (Å²) in [6, 6.07) is 4.35. The molecule has 18 heavy (non-hydrogen) atoms. The van der Waals surface area contributed by atoms with E-state index in [1.807, 2.05) is 12.5 Å². The van der Waals surface area contributed by atoms with Gasteiger partial charge in [-0.3, -0.25) is 15.1 Å². The maximum atomic E-state index is 11.6. The molecule has 0 saturated carbocycles. The molecule has 1 aromatic rings. The molecule has 5 nitrogen and oxygen atoms in total. The average Bonchev–Trinajstić information content (AvgIpc) is 2.40. The van der Waals surface area contributed by atoms with Crippen molar-refractivity contribution in [1.29, 1.82) is 0 Å². The van der Waals surface area contributed by atoms with Gasteiger partial charge in [-0.05, 0) is 31.1 Å². The first kappa shape index (κ1) is 12.0. The lowest BCUT2D eigenvalue weighted by molar-refractivity contribution is 0.0960. The fraction of sp³-hybridized carbons (Fsp3) is 0.0769. The minimum atomic E-state index is -0.572. The quantitative estimate of drug-likeness (QED) is 0.826. The van der Waals surface area contributed by atoms with Crippen LogP contribution in [0, 0.1) is 6.42 Å². The van der Waals surface area contributed by atoms with E-state index in [0.29, 0.717) is 5.70 Å². The minimum Gasteiger partial charge on any atom is -0.308 e. The van der Waals surface area contributed by atoms with Gasteiger partial charge in [0.05, 0.1) is 0 Å². The lowest BCUT2D eigenvalue weighted by Crippen LogP contribution is -2.39. The van der Waals surface area contributed by atoms with Crippen LogP contribution in [-0.4, -0.2) is 16.9 Å². The molecular weight excluding hydrogens is 230 g/mol. The van der Waals surface area contributed by atoms with E-state index < -0.39 is 11.9 Å². The van der Waals surface area contributed by atoms with Crippen molar-refractivity contribution in [2.24, 2.45) is 0 Å². The number of urea groups is 1. The Morgan fingerprint density at radius 3 is 2.83 bits per heavy atom. The minimum absolute atomic E-state index is 0.201. The van der Waals surface area contributed by atoms with Crippen molar-refractivity contribution in [2.45, 2.75) is 6.42 Å². The molecule has 0 spiro atoms. The molecule has 1 heterocycles. The van der Waals surface area contributed by atoms with E-state index in [0.717, 1.165) is 6.42 Å². The predicted molar refractivity (Wildman–Crippen MR) is 66.4 cm³/mol. The highest BCUT2D eigenvalue weighted by Crippen LogP contribution is 2.05. The van der Waals surface area contributed by atoms with Crippen molar-refractivity contribution in [3.8, 4) is 0 Å². The van der Waals surface area contributed by atoms with Crippen LogP contribution in [0.3, 0.4) is 0 Å². The standard InChI is InChI=1S/C13H12N3O2/c17-12(11-8-4-5-9-14-11)16-13(18)15-10-6-2-1-3-7-10/h2-9H,1H2,(H2,15,16,17,18). The molecule has 0 atom stereocenters. The number of nitrogens with one attached hydrogen (secondary N) is 2. The van der Waals surface area contributed by atoms with E-state index in [-0.39, 0.29) is 5.69 Å². The first-order valence-corrected chi connectivity index (χ1v) is 5.49. The van der Waals surface area contributed by atoms with Gasteiger partial charge in [-0.25, -0.2) is 4.79 Å². The molecule has 2 rings (SSSR count). The number of pyridine rings is 1. The van der Waals surface area contributed by atoms with Crippen LogP contribution in [0.25, 0.3) is 0 Å². The zero-order valence-electron chi connectivity index (χ0n) is 9.59. The van der Waals surface area contributed by atoms with E-state index in [1.54, 1.807) is 24.3 Å². The third-order valence-corrected chi connectivity index (χ3v) is 2.25. The molecule has 5 heteroatoms. The van der Waals surface area contributed by atoms with Crippen molar-refractivity contribution >= 4 is 11.9 Å². The van der Waals surface area contributed by atoms with Crippen LogP contribution >= 0.6 is 0 Å². The number of carbonyl (C=O) groups excluding carboxylic acids is 2. The van der Waals surface area contributed by atoms with E-state index in [4.69, 9.17) is 0 Å². The van der Waals surface area contributed by atoms with E-state index >= 15 is 0 Å². The Kier molecular flexibility index (Phi) is 3.86. The van der Waals surface area contributed by atoms with Crippen LogP contribution in [0.15, 0.2) is 48.3 Å². The van der Waals surface area contributed by atoms with Gasteiger partial charge >= 0.3 is 6.03 Å². The van der Waals surface area contributed by atoms with Crippen LogP contribution in [0.2, 0.25) is 0 Å². The molecule has 1 aromatic heterocycles. The van der Waals surface area contributed by atoms with Gasteiger partial charge in [-0.1, -0.05) is 18.2 Å². The summed E-state index contributed by atoms with van der Waals surface area (Å²) in [5.41, 5.74) is 0.847. The molecule has 2 N–H and O–H groups in total. The van der Waals surface area contributed by atoms with Crippen molar-refractivity contribution in [2.75, 3.05) is 0 Å². The fourth-order valence-corrected chi connectivity index (χ4v) is 1.43. The van der Waals surface area contributed by atoms with E-state index in [2.05, 4.69) is 15.6 Å².